The topological polar surface area (TPSA) is 89.8 Å². The van der Waals surface area contributed by atoms with Gasteiger partial charge in [0.15, 0.2) is 5.85 Å². The first-order valence-corrected chi connectivity index (χ1v) is 8.01. The fraction of sp³-hybridized carbons (Fsp3) is 0.538. The van der Waals surface area contributed by atoms with Crippen LogP contribution < -0.4 is 5.32 Å². The van der Waals surface area contributed by atoms with Crippen molar-refractivity contribution in [2.45, 2.75) is 38.6 Å². The van der Waals surface area contributed by atoms with Crippen molar-refractivity contribution >= 4 is 7.60 Å². The van der Waals surface area contributed by atoms with Gasteiger partial charge in [-0.15, -0.1) is 0 Å². The third kappa shape index (κ3) is 5.85. The predicted octanol–water partition coefficient (Wildman–Crippen LogP) is 1.79. The molecule has 19 heavy (non-hydrogen) atoms. The highest BCUT2D eigenvalue weighted by Gasteiger charge is 2.25. The Balaban J connectivity index is 2.32. The minimum atomic E-state index is -4.37. The lowest BCUT2D eigenvalue weighted by molar-refractivity contribution is 0.193. The molecule has 1 atom stereocenters. The van der Waals surface area contributed by atoms with Crippen molar-refractivity contribution in [3.8, 4) is 0 Å². The van der Waals surface area contributed by atoms with Crippen molar-refractivity contribution in [2.75, 3.05) is 6.54 Å². The number of hydrogen-bond donors (Lipinski definition) is 4. The van der Waals surface area contributed by atoms with Gasteiger partial charge in [-0.3, -0.25) is 4.57 Å². The van der Waals surface area contributed by atoms with Gasteiger partial charge in [0.05, 0.1) is 0 Å². The minimum absolute atomic E-state index is 0.0361. The van der Waals surface area contributed by atoms with Crippen LogP contribution in [-0.4, -0.2) is 27.3 Å². The van der Waals surface area contributed by atoms with Crippen molar-refractivity contribution in [1.29, 1.82) is 0 Å². The SMILES string of the molecule is CC(C)c1ccc(CNCCC(O)P(=O)(O)O)cc1. The molecule has 0 bridgehead atoms. The van der Waals surface area contributed by atoms with Crippen LogP contribution in [0.5, 0.6) is 0 Å². The number of rotatable bonds is 7. The zero-order valence-electron chi connectivity index (χ0n) is 11.3. The molecule has 0 heterocycles. The molecule has 0 aliphatic rings. The van der Waals surface area contributed by atoms with E-state index >= 15 is 0 Å². The van der Waals surface area contributed by atoms with E-state index in [1.807, 2.05) is 12.1 Å². The molecule has 0 saturated heterocycles. The quantitative estimate of drug-likeness (QED) is 0.453. The van der Waals surface area contributed by atoms with Crippen LogP contribution in [0.4, 0.5) is 0 Å². The summed E-state index contributed by atoms with van der Waals surface area (Å²) >= 11 is 0. The Morgan fingerprint density at radius 3 is 2.26 bits per heavy atom. The van der Waals surface area contributed by atoms with E-state index in [-0.39, 0.29) is 6.42 Å². The Kier molecular flexibility index (Phi) is 6.17. The van der Waals surface area contributed by atoms with E-state index in [0.717, 1.165) is 5.56 Å². The van der Waals surface area contributed by atoms with Gasteiger partial charge in [0.1, 0.15) is 0 Å². The van der Waals surface area contributed by atoms with Crippen LogP contribution in [0, 0.1) is 0 Å². The van der Waals surface area contributed by atoms with Gasteiger partial charge in [0.25, 0.3) is 0 Å². The number of aliphatic hydroxyl groups excluding tert-OH is 1. The number of nitrogens with one attached hydrogen (secondary N) is 1. The normalized spacial score (nSPS) is 13.8. The van der Waals surface area contributed by atoms with E-state index in [2.05, 4.69) is 31.3 Å². The molecule has 1 unspecified atom stereocenters. The first-order chi connectivity index (χ1) is 8.80. The summed E-state index contributed by atoms with van der Waals surface area (Å²) in [6.07, 6.45) is 0.0361. The molecule has 0 aromatic heterocycles. The van der Waals surface area contributed by atoms with E-state index in [1.165, 1.54) is 5.56 Å². The highest BCUT2D eigenvalue weighted by atomic mass is 31.2. The van der Waals surface area contributed by atoms with Gasteiger partial charge in [0, 0.05) is 6.54 Å². The summed E-state index contributed by atoms with van der Waals surface area (Å²) in [6.45, 7) is 5.25. The number of aliphatic hydroxyl groups is 1. The van der Waals surface area contributed by atoms with Crippen molar-refractivity contribution in [3.63, 3.8) is 0 Å². The Hall–Kier alpha value is -0.710. The summed E-state index contributed by atoms with van der Waals surface area (Å²) < 4.78 is 10.7. The van der Waals surface area contributed by atoms with Crippen LogP contribution in [0.3, 0.4) is 0 Å². The monoisotopic (exact) mass is 287 g/mol. The summed E-state index contributed by atoms with van der Waals surface area (Å²) in [7, 11) is -4.37. The molecule has 0 fully saturated rings. The first kappa shape index (κ1) is 16.3. The smallest absolute Gasteiger partial charge is 0.353 e. The Morgan fingerprint density at radius 1 is 1.21 bits per heavy atom. The van der Waals surface area contributed by atoms with Crippen molar-refractivity contribution in [3.05, 3.63) is 35.4 Å². The summed E-state index contributed by atoms with van der Waals surface area (Å²) in [5.41, 5.74) is 2.38. The molecule has 1 rings (SSSR count). The van der Waals surface area contributed by atoms with Gasteiger partial charge in [-0.25, -0.2) is 0 Å². The molecular weight excluding hydrogens is 265 g/mol. The molecule has 5 nitrogen and oxygen atoms in total. The molecule has 0 aliphatic heterocycles. The van der Waals surface area contributed by atoms with E-state index < -0.39 is 13.4 Å². The van der Waals surface area contributed by atoms with Crippen LogP contribution in [0.1, 0.15) is 37.3 Å². The van der Waals surface area contributed by atoms with Crippen LogP contribution >= 0.6 is 7.60 Å². The maximum atomic E-state index is 10.7. The van der Waals surface area contributed by atoms with Gasteiger partial charge in [-0.1, -0.05) is 38.1 Å². The molecule has 1 aromatic carbocycles. The van der Waals surface area contributed by atoms with E-state index in [0.29, 0.717) is 19.0 Å². The minimum Gasteiger partial charge on any atom is -0.380 e. The first-order valence-electron chi connectivity index (χ1n) is 6.33. The fourth-order valence-electron chi connectivity index (χ4n) is 1.65. The second kappa shape index (κ2) is 7.17. The molecular formula is C13H22NO4P. The van der Waals surface area contributed by atoms with Gasteiger partial charge < -0.3 is 20.2 Å². The molecule has 0 amide bonds. The molecule has 4 N–H and O–H groups in total. The van der Waals surface area contributed by atoms with E-state index in [9.17, 15) is 9.67 Å². The van der Waals surface area contributed by atoms with E-state index in [4.69, 9.17) is 9.79 Å². The molecule has 108 valence electrons. The van der Waals surface area contributed by atoms with Crippen LogP contribution in [0.15, 0.2) is 24.3 Å². The lowest BCUT2D eigenvalue weighted by Crippen LogP contribution is -2.20. The summed E-state index contributed by atoms with van der Waals surface area (Å²) in [6, 6.07) is 8.21. The zero-order valence-corrected chi connectivity index (χ0v) is 12.2. The predicted molar refractivity (Wildman–Crippen MR) is 74.9 cm³/mol. The van der Waals surface area contributed by atoms with Gasteiger partial charge in [-0.05, 0) is 30.0 Å². The second-order valence-electron chi connectivity index (χ2n) is 4.93. The summed E-state index contributed by atoms with van der Waals surface area (Å²) in [5.74, 6) is -1.08. The Labute approximate surface area is 113 Å². The largest absolute Gasteiger partial charge is 0.380 e. The molecule has 0 spiro atoms. The molecule has 6 heteroatoms. The standard InChI is InChI=1S/C13H22NO4P/c1-10(2)12-5-3-11(4-6-12)9-14-8-7-13(15)19(16,17)18/h3-6,10,13-15H,7-9H2,1-2H3,(H2,16,17,18). The van der Waals surface area contributed by atoms with Crippen molar-refractivity contribution in [2.24, 2.45) is 0 Å². The average molecular weight is 287 g/mol. The molecule has 0 saturated carbocycles. The maximum absolute atomic E-state index is 10.7. The number of hydrogen-bond acceptors (Lipinski definition) is 3. The van der Waals surface area contributed by atoms with E-state index in [1.54, 1.807) is 0 Å². The average Bonchev–Trinajstić information content (AvgIpc) is 2.33. The van der Waals surface area contributed by atoms with Crippen LogP contribution in [-0.2, 0) is 11.1 Å². The van der Waals surface area contributed by atoms with Gasteiger partial charge in [-0.2, -0.15) is 0 Å². The lowest BCUT2D eigenvalue weighted by Gasteiger charge is -2.12. The lowest BCUT2D eigenvalue weighted by atomic mass is 10.0. The Bertz CT molecular complexity index is 427. The zero-order chi connectivity index (χ0) is 14.5. The van der Waals surface area contributed by atoms with Crippen molar-refractivity contribution < 1.29 is 19.5 Å². The van der Waals surface area contributed by atoms with Gasteiger partial charge >= 0.3 is 7.60 Å². The molecule has 1 aromatic rings. The second-order valence-corrected chi connectivity index (χ2v) is 6.71. The third-order valence-electron chi connectivity index (χ3n) is 2.94. The Morgan fingerprint density at radius 2 is 1.79 bits per heavy atom. The molecule has 0 aliphatic carbocycles. The van der Waals surface area contributed by atoms with Crippen LogP contribution in [0.2, 0.25) is 0 Å². The third-order valence-corrected chi connectivity index (χ3v) is 3.98. The molecule has 0 radical (unpaired) electrons. The highest BCUT2D eigenvalue weighted by Crippen LogP contribution is 2.40. The maximum Gasteiger partial charge on any atom is 0.353 e. The van der Waals surface area contributed by atoms with Crippen molar-refractivity contribution in [1.82, 2.24) is 5.32 Å². The van der Waals surface area contributed by atoms with Gasteiger partial charge in [0.2, 0.25) is 0 Å². The summed E-state index contributed by atoms with van der Waals surface area (Å²) in [4.78, 5) is 17.4. The fourth-order valence-corrected chi connectivity index (χ4v) is 2.12. The number of benzene rings is 1. The van der Waals surface area contributed by atoms with Crippen LogP contribution in [0.25, 0.3) is 0 Å². The summed E-state index contributed by atoms with van der Waals surface area (Å²) in [5, 5.41) is 12.2. The highest BCUT2D eigenvalue weighted by molar-refractivity contribution is 7.52.